The Morgan fingerprint density at radius 1 is 1.12 bits per heavy atom. The van der Waals surface area contributed by atoms with E-state index in [0.29, 0.717) is 12.3 Å². The minimum absolute atomic E-state index is 0. The van der Waals surface area contributed by atoms with Crippen molar-refractivity contribution in [3.8, 4) is 0 Å². The largest absolute Gasteiger partial charge is 0.326 e. The maximum absolute atomic E-state index is 12.0. The first-order valence-electron chi connectivity index (χ1n) is 9.61. The summed E-state index contributed by atoms with van der Waals surface area (Å²) in [7, 11) is 0. The van der Waals surface area contributed by atoms with Crippen LogP contribution in [0.15, 0.2) is 24.3 Å². The molecule has 1 amide bonds. The van der Waals surface area contributed by atoms with Gasteiger partial charge in [0.05, 0.1) is 0 Å². The van der Waals surface area contributed by atoms with Crippen molar-refractivity contribution >= 4 is 36.4 Å². The molecular formula is C20H33Cl2N3O. The van der Waals surface area contributed by atoms with Gasteiger partial charge in [-0.1, -0.05) is 18.6 Å². The number of nitrogens with one attached hydrogen (secondary N) is 2. The molecule has 26 heavy (non-hydrogen) atoms. The van der Waals surface area contributed by atoms with Crippen molar-refractivity contribution in [2.75, 3.05) is 38.0 Å². The van der Waals surface area contributed by atoms with Crippen LogP contribution in [0.25, 0.3) is 0 Å². The molecule has 1 aromatic carbocycles. The van der Waals surface area contributed by atoms with Crippen molar-refractivity contribution < 1.29 is 4.79 Å². The Morgan fingerprint density at radius 2 is 1.85 bits per heavy atom. The van der Waals surface area contributed by atoms with Crippen molar-refractivity contribution in [3.05, 3.63) is 29.8 Å². The van der Waals surface area contributed by atoms with Crippen molar-refractivity contribution in [1.82, 2.24) is 10.2 Å². The molecule has 1 atom stereocenters. The lowest BCUT2D eigenvalue weighted by Gasteiger charge is -2.26. The van der Waals surface area contributed by atoms with Crippen LogP contribution < -0.4 is 10.6 Å². The summed E-state index contributed by atoms with van der Waals surface area (Å²) >= 11 is 0. The molecular weight excluding hydrogens is 369 g/mol. The molecule has 0 aromatic heterocycles. The van der Waals surface area contributed by atoms with Gasteiger partial charge in [0.1, 0.15) is 0 Å². The van der Waals surface area contributed by atoms with Gasteiger partial charge in [-0.3, -0.25) is 4.79 Å². The van der Waals surface area contributed by atoms with Crippen LogP contribution in [0.5, 0.6) is 0 Å². The van der Waals surface area contributed by atoms with Crippen LogP contribution in [0.4, 0.5) is 5.69 Å². The van der Waals surface area contributed by atoms with Gasteiger partial charge in [0.15, 0.2) is 0 Å². The maximum atomic E-state index is 12.0. The van der Waals surface area contributed by atoms with Crippen molar-refractivity contribution in [2.24, 2.45) is 5.92 Å². The lowest BCUT2D eigenvalue weighted by molar-refractivity contribution is -0.116. The molecule has 4 nitrogen and oxygen atoms in total. The van der Waals surface area contributed by atoms with E-state index in [-0.39, 0.29) is 30.7 Å². The molecule has 0 bridgehead atoms. The van der Waals surface area contributed by atoms with Crippen LogP contribution in [0, 0.1) is 5.92 Å². The van der Waals surface area contributed by atoms with Crippen molar-refractivity contribution in [1.29, 1.82) is 0 Å². The van der Waals surface area contributed by atoms with Gasteiger partial charge in [-0.2, -0.15) is 0 Å². The normalized spacial score (nSPS) is 20.1. The second-order valence-electron chi connectivity index (χ2n) is 7.29. The molecule has 148 valence electrons. The van der Waals surface area contributed by atoms with Crippen LogP contribution >= 0.6 is 24.8 Å². The highest BCUT2D eigenvalue weighted by Crippen LogP contribution is 2.16. The third-order valence-corrected chi connectivity index (χ3v) is 5.35. The molecule has 3 rings (SSSR count). The third-order valence-electron chi connectivity index (χ3n) is 5.35. The molecule has 2 aliphatic rings. The first-order valence-corrected chi connectivity index (χ1v) is 9.61. The number of halogens is 2. The van der Waals surface area contributed by atoms with Gasteiger partial charge in [0.2, 0.25) is 5.91 Å². The zero-order valence-electron chi connectivity index (χ0n) is 15.5. The fourth-order valence-corrected chi connectivity index (χ4v) is 3.74. The molecule has 0 spiro atoms. The second-order valence-corrected chi connectivity index (χ2v) is 7.29. The van der Waals surface area contributed by atoms with Gasteiger partial charge in [-0.05, 0) is 81.9 Å². The topological polar surface area (TPSA) is 44.4 Å². The number of carbonyl (C=O) groups is 1. The molecule has 1 unspecified atom stereocenters. The zero-order valence-corrected chi connectivity index (χ0v) is 17.2. The first-order chi connectivity index (χ1) is 11.8. The number of piperidine rings is 1. The average molecular weight is 402 g/mol. The quantitative estimate of drug-likeness (QED) is 0.728. The van der Waals surface area contributed by atoms with Crippen LogP contribution in [0.1, 0.15) is 44.1 Å². The van der Waals surface area contributed by atoms with Gasteiger partial charge in [-0.15, -0.1) is 24.8 Å². The predicted molar refractivity (Wildman–Crippen MR) is 114 cm³/mol. The highest BCUT2D eigenvalue weighted by molar-refractivity contribution is 5.90. The number of hydrogen-bond acceptors (Lipinski definition) is 3. The molecule has 6 heteroatoms. The summed E-state index contributed by atoms with van der Waals surface area (Å²) in [5, 5.41) is 6.38. The summed E-state index contributed by atoms with van der Waals surface area (Å²) in [5.74, 6) is 0.816. The highest BCUT2D eigenvalue weighted by Gasteiger charge is 2.15. The van der Waals surface area contributed by atoms with E-state index in [9.17, 15) is 4.79 Å². The molecule has 2 N–H and O–H groups in total. The highest BCUT2D eigenvalue weighted by atomic mass is 35.5. The Morgan fingerprint density at radius 3 is 2.50 bits per heavy atom. The Bertz CT molecular complexity index is 512. The van der Waals surface area contributed by atoms with Gasteiger partial charge >= 0.3 is 0 Å². The second kappa shape index (κ2) is 12.6. The monoisotopic (exact) mass is 401 g/mol. The summed E-state index contributed by atoms with van der Waals surface area (Å²) in [6, 6.07) is 8.39. The number of carbonyl (C=O) groups excluding carboxylic acids is 1. The van der Waals surface area contributed by atoms with E-state index in [1.807, 2.05) is 12.1 Å². The summed E-state index contributed by atoms with van der Waals surface area (Å²) in [4.78, 5) is 14.6. The molecule has 0 radical (unpaired) electrons. The molecule has 2 heterocycles. The molecule has 0 saturated carbocycles. The van der Waals surface area contributed by atoms with E-state index in [1.165, 1.54) is 44.3 Å². The van der Waals surface area contributed by atoms with Crippen LogP contribution in [-0.4, -0.2) is 43.5 Å². The van der Waals surface area contributed by atoms with E-state index < -0.39 is 0 Å². The Labute approximate surface area is 170 Å². The van der Waals surface area contributed by atoms with Crippen LogP contribution in [0.3, 0.4) is 0 Å². The Balaban J connectivity index is 0.00000169. The number of nitrogens with zero attached hydrogens (tertiary/aromatic N) is 1. The number of hydrogen-bond donors (Lipinski definition) is 2. The SMILES string of the molecule is Cl.Cl.O=C(CCC1CCNC1)Nc1ccc(CCN2CCCCC2)cc1. The smallest absolute Gasteiger partial charge is 0.224 e. The average Bonchev–Trinajstić information content (AvgIpc) is 3.14. The van der Waals surface area contributed by atoms with Gasteiger partial charge in [-0.25, -0.2) is 0 Å². The van der Waals surface area contributed by atoms with Gasteiger partial charge < -0.3 is 15.5 Å². The summed E-state index contributed by atoms with van der Waals surface area (Å²) in [6.45, 7) is 5.83. The van der Waals surface area contributed by atoms with E-state index in [0.717, 1.165) is 38.2 Å². The van der Waals surface area contributed by atoms with Gasteiger partial charge in [0, 0.05) is 18.7 Å². The van der Waals surface area contributed by atoms with E-state index in [4.69, 9.17) is 0 Å². The maximum Gasteiger partial charge on any atom is 0.224 e. The zero-order chi connectivity index (χ0) is 16.6. The fraction of sp³-hybridized carbons (Fsp3) is 0.650. The fourth-order valence-electron chi connectivity index (χ4n) is 3.74. The van der Waals surface area contributed by atoms with E-state index in [2.05, 4.69) is 27.7 Å². The van der Waals surface area contributed by atoms with E-state index >= 15 is 0 Å². The molecule has 2 fully saturated rings. The Kier molecular flexibility index (Phi) is 11.2. The molecule has 2 aliphatic heterocycles. The van der Waals surface area contributed by atoms with E-state index in [1.54, 1.807) is 0 Å². The van der Waals surface area contributed by atoms with Crippen LogP contribution in [-0.2, 0) is 11.2 Å². The standard InChI is InChI=1S/C20H31N3O.2ClH/c24-20(9-6-18-10-12-21-16-18)22-19-7-4-17(5-8-19)11-15-23-13-2-1-3-14-23;;/h4-5,7-8,18,21H,1-3,6,9-16H2,(H,22,24);2*1H. The number of amides is 1. The predicted octanol–water partition coefficient (Wildman–Crippen LogP) is 3.89. The lowest BCUT2D eigenvalue weighted by Crippen LogP contribution is -2.31. The molecule has 0 aliphatic carbocycles. The number of rotatable bonds is 7. The minimum atomic E-state index is 0. The molecule has 1 aromatic rings. The minimum Gasteiger partial charge on any atom is -0.326 e. The van der Waals surface area contributed by atoms with Crippen LogP contribution in [0.2, 0.25) is 0 Å². The number of likely N-dealkylation sites (tertiary alicyclic amines) is 1. The molecule has 2 saturated heterocycles. The first kappa shape index (κ1) is 23.2. The summed E-state index contributed by atoms with van der Waals surface area (Å²) in [6.07, 6.45) is 8.02. The van der Waals surface area contributed by atoms with Gasteiger partial charge in [0.25, 0.3) is 0 Å². The Hall–Kier alpha value is -0.810. The third kappa shape index (κ3) is 7.83. The lowest BCUT2D eigenvalue weighted by atomic mass is 10.0. The summed E-state index contributed by atoms with van der Waals surface area (Å²) in [5.41, 5.74) is 2.28. The summed E-state index contributed by atoms with van der Waals surface area (Å²) < 4.78 is 0. The van der Waals surface area contributed by atoms with Crippen molar-refractivity contribution in [2.45, 2.75) is 44.9 Å². The number of anilines is 1. The number of benzene rings is 1. The van der Waals surface area contributed by atoms with Crippen molar-refractivity contribution in [3.63, 3.8) is 0 Å².